The van der Waals surface area contributed by atoms with Crippen LogP contribution in [0.3, 0.4) is 0 Å². The maximum absolute atomic E-state index is 12.0. The number of hydrogen-bond acceptors (Lipinski definition) is 6. The van der Waals surface area contributed by atoms with Crippen LogP contribution in [0.25, 0.3) is 0 Å². The molecule has 0 aromatic carbocycles. The Morgan fingerprint density at radius 3 is 2.65 bits per heavy atom. The third kappa shape index (κ3) is 4.48. The second kappa shape index (κ2) is 8.30. The highest BCUT2D eigenvalue weighted by Gasteiger charge is 2.22. The van der Waals surface area contributed by atoms with Gasteiger partial charge in [-0.05, 0) is 20.3 Å². The van der Waals surface area contributed by atoms with Crippen molar-refractivity contribution in [3.8, 4) is 0 Å². The van der Waals surface area contributed by atoms with Gasteiger partial charge in [0, 0.05) is 26.3 Å². The van der Waals surface area contributed by atoms with Crippen molar-refractivity contribution in [2.24, 2.45) is 9.98 Å². The first kappa shape index (κ1) is 19.2. The van der Waals surface area contributed by atoms with Gasteiger partial charge in [0.15, 0.2) is 0 Å². The van der Waals surface area contributed by atoms with Crippen molar-refractivity contribution in [1.29, 1.82) is 0 Å². The van der Waals surface area contributed by atoms with Crippen LogP contribution in [-0.2, 0) is 19.1 Å². The molecule has 0 aliphatic carbocycles. The van der Waals surface area contributed by atoms with Gasteiger partial charge >= 0.3 is 11.8 Å². The van der Waals surface area contributed by atoms with Crippen LogP contribution in [0.15, 0.2) is 28.2 Å². The fourth-order valence-electron chi connectivity index (χ4n) is 2.06. The topological polar surface area (TPSA) is 127 Å². The number of aromatic nitrogens is 2. The maximum atomic E-state index is 12.0. The van der Waals surface area contributed by atoms with Crippen LogP contribution < -0.4 is 10.6 Å². The molecule has 2 N–H and O–H groups in total. The molecular formula is C16H20N6O4. The summed E-state index contributed by atoms with van der Waals surface area (Å²) in [6.07, 6.45) is 0.587. The molecule has 0 saturated heterocycles. The van der Waals surface area contributed by atoms with Crippen molar-refractivity contribution in [3.63, 3.8) is 0 Å². The van der Waals surface area contributed by atoms with Crippen LogP contribution in [0.2, 0.25) is 0 Å². The number of carbonyl (C=O) groups is 3. The molecule has 10 nitrogen and oxygen atoms in total. The van der Waals surface area contributed by atoms with Crippen LogP contribution in [0.1, 0.15) is 19.0 Å². The van der Waals surface area contributed by atoms with Crippen LogP contribution in [0.4, 0.5) is 5.82 Å². The summed E-state index contributed by atoms with van der Waals surface area (Å²) in [6.45, 7) is 7.70. The summed E-state index contributed by atoms with van der Waals surface area (Å²) in [7, 11) is 1.55. The van der Waals surface area contributed by atoms with Crippen LogP contribution >= 0.6 is 0 Å². The number of ether oxygens (including phenoxy) is 1. The van der Waals surface area contributed by atoms with Crippen molar-refractivity contribution in [2.75, 3.05) is 25.6 Å². The SMILES string of the molecule is C=C1C(=O)N=C(n2nc(C)cc2NC(=O)C(=O)NCCCOC)N=C1C. The molecule has 0 saturated carbocycles. The lowest BCUT2D eigenvalue weighted by Gasteiger charge is -2.12. The minimum absolute atomic E-state index is 0.0104. The molecule has 26 heavy (non-hydrogen) atoms. The van der Waals surface area contributed by atoms with Crippen LogP contribution in [0.5, 0.6) is 0 Å². The van der Waals surface area contributed by atoms with Gasteiger partial charge in [0.2, 0.25) is 0 Å². The first-order valence-electron chi connectivity index (χ1n) is 7.86. The average molecular weight is 360 g/mol. The monoisotopic (exact) mass is 360 g/mol. The Bertz CT molecular complexity index is 821. The van der Waals surface area contributed by atoms with E-state index in [1.165, 1.54) is 10.7 Å². The highest BCUT2D eigenvalue weighted by atomic mass is 16.5. The van der Waals surface area contributed by atoms with E-state index in [2.05, 4.69) is 32.3 Å². The Balaban J connectivity index is 2.13. The van der Waals surface area contributed by atoms with Gasteiger partial charge in [0.25, 0.3) is 11.9 Å². The van der Waals surface area contributed by atoms with Crippen LogP contribution in [-0.4, -0.2) is 59.4 Å². The number of anilines is 1. The highest BCUT2D eigenvalue weighted by Crippen LogP contribution is 2.14. The van der Waals surface area contributed by atoms with Crippen molar-refractivity contribution < 1.29 is 19.1 Å². The van der Waals surface area contributed by atoms with Gasteiger partial charge in [-0.3, -0.25) is 14.4 Å². The first-order chi connectivity index (χ1) is 12.3. The molecule has 138 valence electrons. The highest BCUT2D eigenvalue weighted by molar-refractivity contribution is 6.39. The number of amides is 3. The Hall–Kier alpha value is -3.14. The Labute approximate surface area is 150 Å². The second-order valence-electron chi connectivity index (χ2n) is 5.53. The van der Waals surface area contributed by atoms with Gasteiger partial charge in [-0.25, -0.2) is 4.99 Å². The largest absolute Gasteiger partial charge is 0.385 e. The molecule has 0 bridgehead atoms. The summed E-state index contributed by atoms with van der Waals surface area (Å²) in [5.74, 6) is -2.02. The smallest absolute Gasteiger partial charge is 0.314 e. The zero-order valence-electron chi connectivity index (χ0n) is 14.8. The number of methoxy groups -OCH3 is 1. The van der Waals surface area contributed by atoms with E-state index >= 15 is 0 Å². The summed E-state index contributed by atoms with van der Waals surface area (Å²) in [6, 6.07) is 1.54. The number of aliphatic imine (C=N–C) groups is 2. The summed E-state index contributed by atoms with van der Waals surface area (Å²) in [5.41, 5.74) is 1.15. The number of hydrogen-bond donors (Lipinski definition) is 2. The zero-order chi connectivity index (χ0) is 19.3. The fourth-order valence-corrected chi connectivity index (χ4v) is 2.06. The van der Waals surface area contributed by atoms with E-state index in [0.29, 0.717) is 31.0 Å². The molecule has 0 unspecified atom stereocenters. The molecule has 0 atom stereocenters. The molecule has 10 heteroatoms. The molecule has 1 aromatic rings. The van der Waals surface area contributed by atoms with Crippen molar-refractivity contribution >= 4 is 35.2 Å². The molecule has 0 fully saturated rings. The summed E-state index contributed by atoms with van der Waals surface area (Å²) < 4.78 is 6.06. The number of carbonyl (C=O) groups excluding carboxylic acids is 3. The minimum Gasteiger partial charge on any atom is -0.385 e. The predicted octanol–water partition coefficient (Wildman–Crippen LogP) is 0.0441. The average Bonchev–Trinajstić information content (AvgIpc) is 2.96. The number of nitrogens with one attached hydrogen (secondary N) is 2. The van der Waals surface area contributed by atoms with Crippen LogP contribution in [0, 0.1) is 6.92 Å². The molecule has 1 aromatic heterocycles. The third-order valence-corrected chi connectivity index (χ3v) is 3.44. The Morgan fingerprint density at radius 2 is 2.00 bits per heavy atom. The van der Waals surface area contributed by atoms with Crippen molar-refractivity contribution in [1.82, 2.24) is 15.1 Å². The Morgan fingerprint density at radius 1 is 1.27 bits per heavy atom. The number of nitrogens with zero attached hydrogens (tertiary/aromatic N) is 4. The molecule has 2 heterocycles. The summed E-state index contributed by atoms with van der Waals surface area (Å²) in [4.78, 5) is 43.7. The molecule has 1 aliphatic heterocycles. The molecule has 2 rings (SSSR count). The molecule has 3 amide bonds. The third-order valence-electron chi connectivity index (χ3n) is 3.44. The zero-order valence-corrected chi connectivity index (χ0v) is 14.8. The van der Waals surface area contributed by atoms with Gasteiger partial charge in [-0.15, -0.1) is 0 Å². The summed E-state index contributed by atoms with van der Waals surface area (Å²) in [5, 5.41) is 9.08. The Kier molecular flexibility index (Phi) is 6.12. The normalized spacial score (nSPS) is 14.0. The van der Waals surface area contributed by atoms with Gasteiger partial charge < -0.3 is 15.4 Å². The van der Waals surface area contributed by atoms with E-state index in [4.69, 9.17) is 4.74 Å². The maximum Gasteiger partial charge on any atom is 0.314 e. The minimum atomic E-state index is -0.864. The fraction of sp³-hybridized carbons (Fsp3) is 0.375. The lowest BCUT2D eigenvalue weighted by Crippen LogP contribution is -2.37. The van der Waals surface area contributed by atoms with E-state index in [-0.39, 0.29) is 17.4 Å². The standard InChI is InChI=1S/C16H20N6O4/c1-9-8-12(19-15(25)14(24)17-6-5-7-26-4)22(21-9)16-18-11(3)10(2)13(23)20-16/h8H,2,5-7H2,1,3-4H3,(H,17,24)(H,19,25). The van der Waals surface area contributed by atoms with Crippen molar-refractivity contribution in [2.45, 2.75) is 20.3 Å². The molecule has 0 radical (unpaired) electrons. The van der Waals surface area contributed by atoms with Gasteiger partial charge in [0.05, 0.1) is 17.0 Å². The lowest BCUT2D eigenvalue weighted by molar-refractivity contribution is -0.136. The van der Waals surface area contributed by atoms with E-state index < -0.39 is 17.7 Å². The summed E-state index contributed by atoms with van der Waals surface area (Å²) >= 11 is 0. The number of rotatable bonds is 5. The predicted molar refractivity (Wildman–Crippen MR) is 95.2 cm³/mol. The van der Waals surface area contributed by atoms with E-state index in [0.717, 1.165) is 0 Å². The van der Waals surface area contributed by atoms with E-state index in [1.807, 2.05) is 0 Å². The lowest BCUT2D eigenvalue weighted by atomic mass is 10.2. The van der Waals surface area contributed by atoms with Gasteiger partial charge in [-0.2, -0.15) is 14.8 Å². The van der Waals surface area contributed by atoms with E-state index in [9.17, 15) is 14.4 Å². The van der Waals surface area contributed by atoms with Crippen molar-refractivity contribution in [3.05, 3.63) is 23.9 Å². The number of aryl methyl sites for hydroxylation is 1. The first-order valence-corrected chi connectivity index (χ1v) is 7.86. The quantitative estimate of drug-likeness (QED) is 0.435. The van der Waals surface area contributed by atoms with Gasteiger partial charge in [-0.1, -0.05) is 6.58 Å². The van der Waals surface area contributed by atoms with E-state index in [1.54, 1.807) is 21.0 Å². The molecule has 0 spiro atoms. The molecule has 1 aliphatic rings. The van der Waals surface area contributed by atoms with Gasteiger partial charge in [0.1, 0.15) is 5.82 Å². The molecular weight excluding hydrogens is 340 g/mol. The second-order valence-corrected chi connectivity index (χ2v) is 5.53.